The average Bonchev–Trinajstić information content (AvgIpc) is 2.71. The van der Waals surface area contributed by atoms with Gasteiger partial charge in [0.25, 0.3) is 0 Å². The molecule has 0 bridgehead atoms. The summed E-state index contributed by atoms with van der Waals surface area (Å²) in [6.45, 7) is 0.220. The molecule has 1 aliphatic rings. The second-order valence-electron chi connectivity index (χ2n) is 7.38. The summed E-state index contributed by atoms with van der Waals surface area (Å²) in [6, 6.07) is 13.1. The molecule has 3 amide bonds. The monoisotopic (exact) mass is 412 g/mol. The van der Waals surface area contributed by atoms with Crippen LogP contribution in [0.15, 0.2) is 48.5 Å². The third-order valence-electron chi connectivity index (χ3n) is 4.99. The Balaban J connectivity index is 1.55. The van der Waals surface area contributed by atoms with Crippen LogP contribution in [0.1, 0.15) is 24.4 Å². The van der Waals surface area contributed by atoms with E-state index in [4.69, 9.17) is 0 Å². The summed E-state index contributed by atoms with van der Waals surface area (Å²) in [7, 11) is 3.70. The predicted molar refractivity (Wildman–Crippen MR) is 112 cm³/mol. The molecule has 7 nitrogen and oxygen atoms in total. The van der Waals surface area contributed by atoms with Gasteiger partial charge in [-0.1, -0.05) is 24.3 Å². The molecule has 158 valence electrons. The van der Waals surface area contributed by atoms with Gasteiger partial charge in [0.05, 0.1) is 17.4 Å². The first kappa shape index (κ1) is 21.4. The molecule has 30 heavy (non-hydrogen) atoms. The maximum atomic E-state index is 13.5. The summed E-state index contributed by atoms with van der Waals surface area (Å²) in [6.07, 6.45) is -0.0114. The number of para-hydroxylation sites is 2. The second-order valence-corrected chi connectivity index (χ2v) is 7.38. The fourth-order valence-corrected chi connectivity index (χ4v) is 3.42. The Labute approximate surface area is 174 Å². The minimum Gasteiger partial charge on any atom is -0.354 e. The van der Waals surface area contributed by atoms with Crippen molar-refractivity contribution in [1.29, 1.82) is 0 Å². The number of amides is 3. The van der Waals surface area contributed by atoms with Crippen LogP contribution < -0.4 is 15.5 Å². The van der Waals surface area contributed by atoms with Gasteiger partial charge in [-0.05, 0) is 43.9 Å². The number of fused-ring (bicyclic) bond motifs is 1. The quantitative estimate of drug-likeness (QED) is 0.731. The van der Waals surface area contributed by atoms with Gasteiger partial charge in [-0.15, -0.1) is 0 Å². The molecule has 1 aliphatic heterocycles. The van der Waals surface area contributed by atoms with Crippen molar-refractivity contribution >= 4 is 29.1 Å². The Morgan fingerprint density at radius 2 is 1.93 bits per heavy atom. The Kier molecular flexibility index (Phi) is 6.79. The number of benzene rings is 2. The van der Waals surface area contributed by atoms with Gasteiger partial charge in [0, 0.05) is 19.4 Å². The largest absolute Gasteiger partial charge is 0.354 e. The Morgan fingerprint density at radius 1 is 1.17 bits per heavy atom. The molecule has 1 atom stereocenters. The van der Waals surface area contributed by atoms with E-state index in [2.05, 4.69) is 10.6 Å². The van der Waals surface area contributed by atoms with E-state index in [1.165, 1.54) is 17.0 Å². The maximum Gasteiger partial charge on any atom is 0.244 e. The van der Waals surface area contributed by atoms with Crippen molar-refractivity contribution in [2.75, 3.05) is 37.4 Å². The summed E-state index contributed by atoms with van der Waals surface area (Å²) in [5, 5.41) is 5.54. The highest BCUT2D eigenvalue weighted by Crippen LogP contribution is 2.29. The third-order valence-corrected chi connectivity index (χ3v) is 4.99. The number of hydrogen-bond donors (Lipinski definition) is 2. The summed E-state index contributed by atoms with van der Waals surface area (Å²) in [5.41, 5.74) is 1.96. The molecule has 2 aromatic carbocycles. The van der Waals surface area contributed by atoms with E-state index in [-0.39, 0.29) is 49.0 Å². The lowest BCUT2D eigenvalue weighted by Crippen LogP contribution is -2.42. The van der Waals surface area contributed by atoms with Crippen molar-refractivity contribution in [1.82, 2.24) is 10.2 Å². The highest BCUT2D eigenvalue weighted by Gasteiger charge is 2.26. The summed E-state index contributed by atoms with van der Waals surface area (Å²) in [4.78, 5) is 40.1. The number of carbonyl (C=O) groups excluding carboxylic acids is 3. The lowest BCUT2D eigenvalue weighted by molar-refractivity contribution is -0.125. The van der Waals surface area contributed by atoms with Gasteiger partial charge in [0.15, 0.2) is 0 Å². The summed E-state index contributed by atoms with van der Waals surface area (Å²) < 4.78 is 13.5. The fourth-order valence-electron chi connectivity index (χ4n) is 3.42. The van der Waals surface area contributed by atoms with Crippen LogP contribution in [0.2, 0.25) is 0 Å². The van der Waals surface area contributed by atoms with Crippen LogP contribution in [0.25, 0.3) is 0 Å². The average molecular weight is 412 g/mol. The lowest BCUT2D eigenvalue weighted by Gasteiger charge is -2.29. The zero-order valence-corrected chi connectivity index (χ0v) is 17.0. The minimum atomic E-state index is -0.331. The summed E-state index contributed by atoms with van der Waals surface area (Å²) in [5.74, 6) is -1.17. The van der Waals surface area contributed by atoms with Gasteiger partial charge < -0.3 is 20.4 Å². The number of halogens is 1. The molecule has 0 aromatic heterocycles. The maximum absolute atomic E-state index is 13.5. The Hall–Kier alpha value is -3.26. The van der Waals surface area contributed by atoms with Crippen LogP contribution in [0.4, 0.5) is 15.8 Å². The standard InChI is InChI=1S/C22H25FN4O3/c1-26(2)19(15-6-5-7-16(23)12-15)13-24-20(28)10-11-22(30)27-14-21(29)25-17-8-3-4-9-18(17)27/h3-9,12,19H,10-11,13-14H2,1-2H3,(H,24,28)(H,25,29). The Bertz CT molecular complexity index is 947. The zero-order chi connectivity index (χ0) is 21.7. The molecular formula is C22H25FN4O3. The van der Waals surface area contributed by atoms with Crippen LogP contribution in [0.3, 0.4) is 0 Å². The van der Waals surface area contributed by atoms with Crippen molar-refractivity contribution in [3.05, 3.63) is 59.9 Å². The first-order valence-corrected chi connectivity index (χ1v) is 9.73. The molecule has 0 spiro atoms. The van der Waals surface area contributed by atoms with E-state index in [0.29, 0.717) is 17.9 Å². The number of likely N-dealkylation sites (N-methyl/N-ethyl adjacent to an activating group) is 1. The molecule has 0 fully saturated rings. The number of carbonyl (C=O) groups is 3. The number of hydrogen-bond acceptors (Lipinski definition) is 4. The molecular weight excluding hydrogens is 387 g/mol. The molecule has 0 saturated heterocycles. The van der Waals surface area contributed by atoms with E-state index < -0.39 is 0 Å². The van der Waals surface area contributed by atoms with Gasteiger partial charge in [-0.3, -0.25) is 14.4 Å². The summed E-state index contributed by atoms with van der Waals surface area (Å²) >= 11 is 0. The molecule has 2 aromatic rings. The van der Waals surface area contributed by atoms with Crippen molar-refractivity contribution in [2.24, 2.45) is 0 Å². The first-order valence-electron chi connectivity index (χ1n) is 9.73. The van der Waals surface area contributed by atoms with Crippen LogP contribution in [0.5, 0.6) is 0 Å². The van der Waals surface area contributed by atoms with Gasteiger partial charge in [0.2, 0.25) is 17.7 Å². The SMILES string of the molecule is CN(C)C(CNC(=O)CCC(=O)N1CC(=O)Nc2ccccc21)c1cccc(F)c1. The number of rotatable bonds is 7. The van der Waals surface area contributed by atoms with Crippen LogP contribution >= 0.6 is 0 Å². The molecule has 0 radical (unpaired) electrons. The van der Waals surface area contributed by atoms with E-state index in [9.17, 15) is 18.8 Å². The predicted octanol–water partition coefficient (Wildman–Crippen LogP) is 2.31. The minimum absolute atomic E-state index is 0.00240. The van der Waals surface area contributed by atoms with Crippen LogP contribution in [-0.4, -0.2) is 49.8 Å². The first-order chi connectivity index (χ1) is 14.3. The molecule has 1 unspecified atom stereocenters. The zero-order valence-electron chi connectivity index (χ0n) is 17.0. The van der Waals surface area contributed by atoms with Gasteiger partial charge >= 0.3 is 0 Å². The topological polar surface area (TPSA) is 81.8 Å². The van der Waals surface area contributed by atoms with Crippen LogP contribution in [0, 0.1) is 5.82 Å². The van der Waals surface area contributed by atoms with E-state index >= 15 is 0 Å². The fraction of sp³-hybridized carbons (Fsp3) is 0.318. The molecule has 2 N–H and O–H groups in total. The molecule has 1 heterocycles. The molecule has 0 saturated carbocycles. The molecule has 3 rings (SSSR count). The van der Waals surface area contributed by atoms with E-state index in [0.717, 1.165) is 5.56 Å². The van der Waals surface area contributed by atoms with Gasteiger partial charge in [0.1, 0.15) is 12.4 Å². The highest BCUT2D eigenvalue weighted by molar-refractivity contribution is 6.10. The number of anilines is 2. The van der Waals surface area contributed by atoms with Crippen molar-refractivity contribution in [3.63, 3.8) is 0 Å². The smallest absolute Gasteiger partial charge is 0.244 e. The number of nitrogens with one attached hydrogen (secondary N) is 2. The van der Waals surface area contributed by atoms with Crippen molar-refractivity contribution in [3.8, 4) is 0 Å². The second kappa shape index (κ2) is 9.49. The lowest BCUT2D eigenvalue weighted by atomic mass is 10.1. The highest BCUT2D eigenvalue weighted by atomic mass is 19.1. The number of nitrogens with zero attached hydrogens (tertiary/aromatic N) is 2. The normalized spacial score (nSPS) is 14.1. The van der Waals surface area contributed by atoms with Crippen molar-refractivity contribution < 1.29 is 18.8 Å². The Morgan fingerprint density at radius 3 is 2.67 bits per heavy atom. The van der Waals surface area contributed by atoms with Crippen molar-refractivity contribution in [2.45, 2.75) is 18.9 Å². The van der Waals surface area contributed by atoms with Crippen LogP contribution in [-0.2, 0) is 14.4 Å². The molecule has 8 heteroatoms. The van der Waals surface area contributed by atoms with E-state index in [1.807, 2.05) is 25.1 Å². The molecule has 0 aliphatic carbocycles. The third kappa shape index (κ3) is 5.21. The van der Waals surface area contributed by atoms with Gasteiger partial charge in [-0.25, -0.2) is 4.39 Å². The van der Waals surface area contributed by atoms with Gasteiger partial charge in [-0.2, -0.15) is 0 Å². The van der Waals surface area contributed by atoms with E-state index in [1.54, 1.807) is 30.3 Å².